The number of rotatable bonds is 7. The molecule has 0 aliphatic carbocycles. The van der Waals surface area contributed by atoms with Crippen LogP contribution in [-0.2, 0) is 30.7 Å². The van der Waals surface area contributed by atoms with Gasteiger partial charge in [0.2, 0.25) is 0 Å². The quantitative estimate of drug-likeness (QED) is 0.184. The van der Waals surface area contributed by atoms with Crippen molar-refractivity contribution < 1.29 is 14.3 Å². The highest BCUT2D eigenvalue weighted by Gasteiger charge is 2.21. The first kappa shape index (κ1) is 31.1. The van der Waals surface area contributed by atoms with Gasteiger partial charge in [-0.05, 0) is 95.3 Å². The van der Waals surface area contributed by atoms with Crippen LogP contribution in [0.2, 0.25) is 0 Å². The summed E-state index contributed by atoms with van der Waals surface area (Å²) in [6, 6.07) is 28.5. The number of carbonyl (C=O) groups excluding carboxylic acids is 2. The Morgan fingerprint density at radius 3 is 1.96 bits per heavy atom. The van der Waals surface area contributed by atoms with Gasteiger partial charge < -0.3 is 19.9 Å². The van der Waals surface area contributed by atoms with Gasteiger partial charge in [-0.2, -0.15) is 5.10 Å². The van der Waals surface area contributed by atoms with Gasteiger partial charge in [-0.25, -0.2) is 4.79 Å². The van der Waals surface area contributed by atoms with Crippen LogP contribution in [0.5, 0.6) is 0 Å². The van der Waals surface area contributed by atoms with Crippen LogP contribution >= 0.6 is 15.9 Å². The largest absolute Gasteiger partial charge is 0.465 e. The predicted octanol–water partition coefficient (Wildman–Crippen LogP) is 6.80. The molecular formula is C37H36BrN5O3. The first-order chi connectivity index (χ1) is 22.4. The Labute approximate surface area is 277 Å². The predicted molar refractivity (Wildman–Crippen MR) is 185 cm³/mol. The maximum Gasteiger partial charge on any atom is 0.337 e. The Hall–Kier alpha value is -4.89. The number of methoxy groups -OCH3 is 1. The summed E-state index contributed by atoms with van der Waals surface area (Å²) in [5, 5.41) is 9.54. The van der Waals surface area contributed by atoms with Gasteiger partial charge in [-0.15, -0.1) is 0 Å². The zero-order valence-corrected chi connectivity index (χ0v) is 27.5. The van der Waals surface area contributed by atoms with Gasteiger partial charge in [-0.3, -0.25) is 9.89 Å². The molecule has 0 unspecified atom stereocenters. The third kappa shape index (κ3) is 7.00. The second-order valence-electron chi connectivity index (χ2n) is 11.4. The summed E-state index contributed by atoms with van der Waals surface area (Å²) in [5.74, 6) is -0.345. The van der Waals surface area contributed by atoms with Crippen molar-refractivity contribution in [3.8, 4) is 11.1 Å². The number of amides is 1. The normalized spacial score (nSPS) is 13.0. The number of aromatic nitrogens is 2. The van der Waals surface area contributed by atoms with E-state index in [0.717, 1.165) is 49.1 Å². The lowest BCUT2D eigenvalue weighted by Gasteiger charge is -2.20. The molecule has 0 atom stereocenters. The number of carbonyl (C=O) groups is 2. The van der Waals surface area contributed by atoms with E-state index in [1.54, 1.807) is 7.05 Å². The molecule has 2 N–H and O–H groups in total. The Balaban J connectivity index is 0.000000164. The van der Waals surface area contributed by atoms with E-state index in [-0.39, 0.29) is 11.9 Å². The molecule has 0 fully saturated rings. The molecule has 0 spiro atoms. The van der Waals surface area contributed by atoms with Crippen LogP contribution in [0, 0.1) is 0 Å². The molecule has 234 valence electrons. The summed E-state index contributed by atoms with van der Waals surface area (Å²) in [4.78, 5) is 27.8. The van der Waals surface area contributed by atoms with Gasteiger partial charge in [-0.1, -0.05) is 46.3 Å². The molecule has 0 radical (unpaired) electrons. The molecule has 8 nitrogen and oxygen atoms in total. The fraction of sp³-hybridized carbons (Fsp3) is 0.216. The number of nitrogens with zero attached hydrogens (tertiary/aromatic N) is 3. The fourth-order valence-corrected chi connectivity index (χ4v) is 6.44. The number of benzene rings is 4. The maximum atomic E-state index is 11.6. The zero-order valence-electron chi connectivity index (χ0n) is 25.9. The van der Waals surface area contributed by atoms with E-state index in [0.29, 0.717) is 11.1 Å². The molecule has 1 aromatic heterocycles. The summed E-state index contributed by atoms with van der Waals surface area (Å²) in [5.41, 5.74) is 11.4. The van der Waals surface area contributed by atoms with E-state index >= 15 is 0 Å². The molecule has 46 heavy (non-hydrogen) atoms. The fourth-order valence-electron chi connectivity index (χ4n) is 6.04. The highest BCUT2D eigenvalue weighted by molar-refractivity contribution is 9.10. The molecule has 0 saturated heterocycles. The lowest BCUT2D eigenvalue weighted by Crippen LogP contribution is -2.20. The van der Waals surface area contributed by atoms with Crippen molar-refractivity contribution in [2.45, 2.75) is 25.9 Å². The van der Waals surface area contributed by atoms with Gasteiger partial charge in [0, 0.05) is 66.4 Å². The molecule has 3 heterocycles. The van der Waals surface area contributed by atoms with Crippen LogP contribution in [0.3, 0.4) is 0 Å². The highest BCUT2D eigenvalue weighted by Crippen LogP contribution is 2.33. The number of anilines is 2. The standard InChI is InChI=1S/C20H20N4O.C17H16BrNO2/c1-21-20(25)15-4-2-14(3-5-15)13-24-9-8-17-10-16(6-7-19(17)24)18-11-22-23-12-18;1-21-17(20)13-4-2-12(3-5-13)11-19-9-8-14-10-15(18)6-7-16(14)19/h2-7,10-12H,8-9,13H2,1H3,(H,21,25)(H,22,23);2-7,10H,8-9,11H2,1H3. The second kappa shape index (κ2) is 14.0. The molecule has 0 bridgehead atoms. The summed E-state index contributed by atoms with van der Waals surface area (Å²) in [6.45, 7) is 3.76. The number of nitrogens with one attached hydrogen (secondary N) is 2. The van der Waals surface area contributed by atoms with Crippen LogP contribution in [0.1, 0.15) is 43.0 Å². The van der Waals surface area contributed by atoms with Crippen LogP contribution < -0.4 is 15.1 Å². The SMILES string of the molecule is CNC(=O)c1ccc(CN2CCc3cc(-c4cn[nH]c4)ccc32)cc1.COC(=O)c1ccc(CN2CCc3cc(Br)ccc32)cc1. The highest BCUT2D eigenvalue weighted by atomic mass is 79.9. The zero-order chi connectivity index (χ0) is 32.0. The molecule has 2 aliphatic rings. The van der Waals surface area contributed by atoms with Gasteiger partial charge in [0.25, 0.3) is 5.91 Å². The summed E-state index contributed by atoms with van der Waals surface area (Å²) in [7, 11) is 3.05. The van der Waals surface area contributed by atoms with Crippen molar-refractivity contribution in [1.82, 2.24) is 15.5 Å². The minimum Gasteiger partial charge on any atom is -0.465 e. The van der Waals surface area contributed by atoms with Crippen molar-refractivity contribution in [1.29, 1.82) is 0 Å². The van der Waals surface area contributed by atoms with Gasteiger partial charge in [0.1, 0.15) is 0 Å². The van der Waals surface area contributed by atoms with E-state index in [4.69, 9.17) is 4.74 Å². The third-order valence-corrected chi connectivity index (χ3v) is 8.99. The Morgan fingerprint density at radius 1 is 0.804 bits per heavy atom. The van der Waals surface area contributed by atoms with Gasteiger partial charge >= 0.3 is 5.97 Å². The number of halogens is 1. The van der Waals surface area contributed by atoms with E-state index < -0.39 is 0 Å². The number of esters is 1. The summed E-state index contributed by atoms with van der Waals surface area (Å²) < 4.78 is 5.84. The third-order valence-electron chi connectivity index (χ3n) is 8.50. The number of hydrogen-bond acceptors (Lipinski definition) is 6. The number of aromatic amines is 1. The first-order valence-electron chi connectivity index (χ1n) is 15.3. The molecule has 5 aromatic rings. The molecule has 2 aliphatic heterocycles. The van der Waals surface area contributed by atoms with E-state index in [2.05, 4.69) is 77.6 Å². The van der Waals surface area contributed by atoms with Crippen LogP contribution in [0.4, 0.5) is 11.4 Å². The molecule has 4 aromatic carbocycles. The number of H-pyrrole nitrogens is 1. The molecular weight excluding hydrogens is 642 g/mol. The Bertz CT molecular complexity index is 1820. The van der Waals surface area contributed by atoms with E-state index in [1.807, 2.05) is 60.9 Å². The minimum absolute atomic E-state index is 0.0511. The van der Waals surface area contributed by atoms with Crippen molar-refractivity contribution in [2.75, 3.05) is 37.0 Å². The van der Waals surface area contributed by atoms with Crippen molar-refractivity contribution in [2.24, 2.45) is 0 Å². The van der Waals surface area contributed by atoms with Crippen molar-refractivity contribution >= 4 is 39.2 Å². The lowest BCUT2D eigenvalue weighted by atomic mass is 10.0. The van der Waals surface area contributed by atoms with E-state index in [9.17, 15) is 9.59 Å². The van der Waals surface area contributed by atoms with Crippen LogP contribution in [0.15, 0.2) is 102 Å². The number of ether oxygens (including phenoxy) is 1. The average Bonchev–Trinajstić information content (AvgIpc) is 3.86. The smallest absolute Gasteiger partial charge is 0.337 e. The Kier molecular flexibility index (Phi) is 9.49. The van der Waals surface area contributed by atoms with Crippen molar-refractivity contribution in [3.63, 3.8) is 0 Å². The molecule has 1 amide bonds. The maximum absolute atomic E-state index is 11.6. The van der Waals surface area contributed by atoms with Crippen molar-refractivity contribution in [3.05, 3.63) is 135 Å². The Morgan fingerprint density at radius 2 is 1.39 bits per heavy atom. The first-order valence-corrected chi connectivity index (χ1v) is 16.1. The van der Waals surface area contributed by atoms with Crippen LogP contribution in [-0.4, -0.2) is 49.3 Å². The molecule has 0 saturated carbocycles. The average molecular weight is 679 g/mol. The second-order valence-corrected chi connectivity index (χ2v) is 12.3. The van der Waals surface area contributed by atoms with Gasteiger partial charge in [0.05, 0.1) is 18.9 Å². The minimum atomic E-state index is -0.294. The monoisotopic (exact) mass is 677 g/mol. The van der Waals surface area contributed by atoms with E-state index in [1.165, 1.54) is 46.3 Å². The summed E-state index contributed by atoms with van der Waals surface area (Å²) >= 11 is 3.52. The lowest BCUT2D eigenvalue weighted by molar-refractivity contribution is 0.0600. The molecule has 9 heteroatoms. The summed E-state index contributed by atoms with van der Waals surface area (Å²) in [6.07, 6.45) is 5.90. The number of fused-ring (bicyclic) bond motifs is 2. The number of hydrogen-bond donors (Lipinski definition) is 2. The topological polar surface area (TPSA) is 90.6 Å². The molecule has 7 rings (SSSR count). The van der Waals surface area contributed by atoms with Crippen LogP contribution in [0.25, 0.3) is 11.1 Å². The van der Waals surface area contributed by atoms with Gasteiger partial charge in [0.15, 0.2) is 0 Å².